The Kier molecular flexibility index (Phi) is 3.74. The third kappa shape index (κ3) is 2.85. The van der Waals surface area contributed by atoms with Crippen LogP contribution in [-0.2, 0) is 14.3 Å². The molecule has 2 rings (SSSR count). The molecule has 5 nitrogen and oxygen atoms in total. The first-order valence-electron chi connectivity index (χ1n) is 7.01. The molecule has 2 heterocycles. The molecule has 0 aromatic carbocycles. The Hall–Kier alpha value is -1.26. The Morgan fingerprint density at radius 1 is 1.26 bits per heavy atom. The fourth-order valence-electron chi connectivity index (χ4n) is 3.09. The van der Waals surface area contributed by atoms with Crippen LogP contribution in [-0.4, -0.2) is 41.3 Å². The summed E-state index contributed by atoms with van der Waals surface area (Å²) < 4.78 is 10.5. The smallest absolute Gasteiger partial charge is 0.410 e. The lowest BCUT2D eigenvalue weighted by Gasteiger charge is -2.28. The van der Waals surface area contributed by atoms with Gasteiger partial charge in [0.2, 0.25) is 0 Å². The average Bonchev–Trinajstić information content (AvgIpc) is 2.83. The van der Waals surface area contributed by atoms with Gasteiger partial charge in [0, 0.05) is 12.1 Å². The van der Waals surface area contributed by atoms with Crippen molar-refractivity contribution in [1.29, 1.82) is 0 Å². The lowest BCUT2D eigenvalue weighted by atomic mass is 9.89. The van der Waals surface area contributed by atoms with Crippen LogP contribution in [0.15, 0.2) is 0 Å². The molecule has 2 fully saturated rings. The molecule has 2 aliphatic heterocycles. The second kappa shape index (κ2) is 5.02. The molecule has 1 amide bonds. The summed E-state index contributed by atoms with van der Waals surface area (Å²) in [6.45, 7) is 7.75. The molecular weight excluding hydrogens is 246 g/mol. The van der Waals surface area contributed by atoms with Crippen LogP contribution in [0.25, 0.3) is 0 Å². The van der Waals surface area contributed by atoms with Gasteiger partial charge in [-0.1, -0.05) is 0 Å². The number of rotatable bonds is 2. The highest BCUT2D eigenvalue weighted by molar-refractivity contribution is 5.77. The van der Waals surface area contributed by atoms with Crippen molar-refractivity contribution < 1.29 is 19.1 Å². The van der Waals surface area contributed by atoms with E-state index < -0.39 is 5.60 Å². The topological polar surface area (TPSA) is 55.8 Å². The van der Waals surface area contributed by atoms with Crippen molar-refractivity contribution in [3.63, 3.8) is 0 Å². The third-order valence-corrected chi connectivity index (χ3v) is 3.73. The number of hydrogen-bond acceptors (Lipinski definition) is 4. The van der Waals surface area contributed by atoms with Crippen LogP contribution in [0.3, 0.4) is 0 Å². The summed E-state index contributed by atoms with van der Waals surface area (Å²) >= 11 is 0. The Labute approximate surface area is 114 Å². The number of carbonyl (C=O) groups is 2. The molecular formula is C14H23NO4. The fraction of sp³-hybridized carbons (Fsp3) is 0.857. The van der Waals surface area contributed by atoms with E-state index in [4.69, 9.17) is 9.47 Å². The molecule has 0 N–H and O–H groups in total. The minimum atomic E-state index is -0.501. The van der Waals surface area contributed by atoms with Gasteiger partial charge in [-0.3, -0.25) is 4.79 Å². The van der Waals surface area contributed by atoms with Crippen LogP contribution >= 0.6 is 0 Å². The minimum absolute atomic E-state index is 0.0427. The Balaban J connectivity index is 2.04. The van der Waals surface area contributed by atoms with Crippen molar-refractivity contribution in [2.45, 2.75) is 64.6 Å². The summed E-state index contributed by atoms with van der Waals surface area (Å²) in [6.07, 6.45) is 2.24. The number of fused-ring (bicyclic) bond motifs is 2. The number of esters is 1. The van der Waals surface area contributed by atoms with Gasteiger partial charge < -0.3 is 14.4 Å². The standard InChI is InChI=1S/C14H23NO4/c1-5-18-12(16)10-8-9-6-7-11(10)15(9)13(17)19-14(2,3)4/h9-11H,5-8H2,1-4H3/t9-,10+,11+/m0/s1. The molecule has 2 bridgehead atoms. The van der Waals surface area contributed by atoms with Gasteiger partial charge in [-0.05, 0) is 47.0 Å². The molecule has 0 saturated carbocycles. The maximum absolute atomic E-state index is 12.2. The molecule has 2 saturated heterocycles. The van der Waals surface area contributed by atoms with Gasteiger partial charge in [0.25, 0.3) is 0 Å². The maximum Gasteiger partial charge on any atom is 0.410 e. The first kappa shape index (κ1) is 14.2. The summed E-state index contributed by atoms with van der Waals surface area (Å²) in [7, 11) is 0. The molecule has 5 heteroatoms. The minimum Gasteiger partial charge on any atom is -0.466 e. The van der Waals surface area contributed by atoms with Crippen LogP contribution in [0, 0.1) is 5.92 Å². The maximum atomic E-state index is 12.2. The van der Waals surface area contributed by atoms with Crippen molar-refractivity contribution in [2.24, 2.45) is 5.92 Å². The molecule has 0 aromatic heterocycles. The highest BCUT2D eigenvalue weighted by atomic mass is 16.6. The van der Waals surface area contributed by atoms with E-state index in [-0.39, 0.29) is 30.1 Å². The van der Waals surface area contributed by atoms with Gasteiger partial charge in [-0.15, -0.1) is 0 Å². The summed E-state index contributed by atoms with van der Waals surface area (Å²) in [6, 6.07) is 0.0909. The SMILES string of the molecule is CCOC(=O)[C@@H]1C[C@@H]2CC[C@H]1N2C(=O)OC(C)(C)C. The van der Waals surface area contributed by atoms with Gasteiger partial charge in [0.15, 0.2) is 0 Å². The number of carbonyl (C=O) groups excluding carboxylic acids is 2. The highest BCUT2D eigenvalue weighted by Crippen LogP contribution is 2.42. The molecule has 0 unspecified atom stereocenters. The number of ether oxygens (including phenoxy) is 2. The zero-order chi connectivity index (χ0) is 14.2. The van der Waals surface area contributed by atoms with Crippen LogP contribution in [0.2, 0.25) is 0 Å². The van der Waals surface area contributed by atoms with E-state index in [0.29, 0.717) is 13.0 Å². The Bertz CT molecular complexity index is 374. The van der Waals surface area contributed by atoms with Crippen LogP contribution in [0.5, 0.6) is 0 Å². The molecule has 0 aliphatic carbocycles. The zero-order valence-corrected chi connectivity index (χ0v) is 12.1. The van der Waals surface area contributed by atoms with Crippen molar-refractivity contribution in [2.75, 3.05) is 6.61 Å². The molecule has 108 valence electrons. The van der Waals surface area contributed by atoms with Crippen molar-refractivity contribution in [3.05, 3.63) is 0 Å². The largest absolute Gasteiger partial charge is 0.466 e. The van der Waals surface area contributed by atoms with Gasteiger partial charge >= 0.3 is 12.1 Å². The molecule has 0 radical (unpaired) electrons. The van der Waals surface area contributed by atoms with Gasteiger partial charge in [0.1, 0.15) is 5.60 Å². The second-order valence-electron chi connectivity index (χ2n) is 6.28. The monoisotopic (exact) mass is 269 g/mol. The normalized spacial score (nSPS) is 29.5. The third-order valence-electron chi connectivity index (χ3n) is 3.73. The molecule has 2 aliphatic rings. The first-order chi connectivity index (χ1) is 8.83. The van der Waals surface area contributed by atoms with Crippen LogP contribution in [0.4, 0.5) is 4.79 Å². The van der Waals surface area contributed by atoms with E-state index in [0.717, 1.165) is 12.8 Å². The van der Waals surface area contributed by atoms with E-state index >= 15 is 0 Å². The lowest BCUT2D eigenvalue weighted by Crippen LogP contribution is -2.41. The molecule has 19 heavy (non-hydrogen) atoms. The summed E-state index contributed by atoms with van der Waals surface area (Å²) in [5, 5.41) is 0. The molecule has 0 spiro atoms. The zero-order valence-electron chi connectivity index (χ0n) is 12.1. The Morgan fingerprint density at radius 2 is 1.95 bits per heavy atom. The number of nitrogens with zero attached hydrogens (tertiary/aromatic N) is 1. The molecule has 3 atom stereocenters. The van der Waals surface area contributed by atoms with Crippen molar-refractivity contribution in [1.82, 2.24) is 4.90 Å². The predicted molar refractivity (Wildman–Crippen MR) is 69.6 cm³/mol. The molecule has 0 aromatic rings. The second-order valence-corrected chi connectivity index (χ2v) is 6.28. The Morgan fingerprint density at radius 3 is 2.53 bits per heavy atom. The summed E-state index contributed by atoms with van der Waals surface area (Å²) in [5.41, 5.74) is -0.501. The fourth-order valence-corrected chi connectivity index (χ4v) is 3.09. The van der Waals surface area contributed by atoms with E-state index in [9.17, 15) is 9.59 Å². The van der Waals surface area contributed by atoms with Crippen LogP contribution < -0.4 is 0 Å². The van der Waals surface area contributed by atoms with Gasteiger partial charge in [0.05, 0.1) is 12.5 Å². The highest BCUT2D eigenvalue weighted by Gasteiger charge is 2.52. The van der Waals surface area contributed by atoms with Gasteiger partial charge in [-0.25, -0.2) is 4.79 Å². The average molecular weight is 269 g/mol. The summed E-state index contributed by atoms with van der Waals surface area (Å²) in [5.74, 6) is -0.352. The number of amides is 1. The van der Waals surface area contributed by atoms with Crippen molar-refractivity contribution >= 4 is 12.1 Å². The number of hydrogen-bond donors (Lipinski definition) is 0. The van der Waals surface area contributed by atoms with Gasteiger partial charge in [-0.2, -0.15) is 0 Å². The van der Waals surface area contributed by atoms with E-state index in [1.54, 1.807) is 11.8 Å². The van der Waals surface area contributed by atoms with E-state index in [2.05, 4.69) is 0 Å². The van der Waals surface area contributed by atoms with E-state index in [1.807, 2.05) is 20.8 Å². The van der Waals surface area contributed by atoms with Crippen LogP contribution in [0.1, 0.15) is 47.0 Å². The lowest BCUT2D eigenvalue weighted by molar-refractivity contribution is -0.148. The predicted octanol–water partition coefficient (Wildman–Crippen LogP) is 2.34. The quantitative estimate of drug-likeness (QED) is 0.722. The first-order valence-corrected chi connectivity index (χ1v) is 7.01. The van der Waals surface area contributed by atoms with Crippen molar-refractivity contribution in [3.8, 4) is 0 Å². The summed E-state index contributed by atoms with van der Waals surface area (Å²) in [4.78, 5) is 25.8. The van der Waals surface area contributed by atoms with E-state index in [1.165, 1.54) is 0 Å².